The highest BCUT2D eigenvalue weighted by Crippen LogP contribution is 2.56. The van der Waals surface area contributed by atoms with Crippen LogP contribution >= 0.6 is 0 Å². The van der Waals surface area contributed by atoms with Crippen molar-refractivity contribution in [2.24, 2.45) is 0 Å². The van der Waals surface area contributed by atoms with Gasteiger partial charge in [0.1, 0.15) is 23.0 Å². The lowest BCUT2D eigenvalue weighted by molar-refractivity contribution is 0.421. The Bertz CT molecular complexity index is 1890. The quantitative estimate of drug-likeness (QED) is 0.208. The van der Waals surface area contributed by atoms with Crippen LogP contribution in [0.2, 0.25) is 0 Å². The van der Waals surface area contributed by atoms with Crippen LogP contribution in [0.5, 0.6) is 23.0 Å². The van der Waals surface area contributed by atoms with Gasteiger partial charge >= 0.3 is 0 Å². The minimum Gasteiger partial charge on any atom is -0.457 e. The molecule has 2 aliphatic heterocycles. The first-order chi connectivity index (χ1) is 17.4. The Morgan fingerprint density at radius 2 is 1.08 bits per heavy atom. The number of ether oxygens (including phenoxy) is 2. The molecule has 2 nitrogen and oxygen atoms in total. The number of fused-ring (bicyclic) bond motifs is 6. The molecule has 6 aromatic carbocycles. The zero-order valence-corrected chi connectivity index (χ0v) is 20.9. The van der Waals surface area contributed by atoms with Crippen molar-refractivity contribution in [1.29, 1.82) is 0 Å². The van der Waals surface area contributed by atoms with E-state index in [1.807, 2.05) is 6.07 Å². The highest BCUT2D eigenvalue weighted by molar-refractivity contribution is 6.26. The van der Waals surface area contributed by atoms with E-state index in [2.05, 4.69) is 107 Å². The minimum absolute atomic E-state index is 0.146. The van der Waals surface area contributed by atoms with E-state index >= 15 is 0 Å². The van der Waals surface area contributed by atoms with Crippen molar-refractivity contribution < 1.29 is 9.47 Å². The molecule has 0 radical (unpaired) electrons. The predicted octanol–water partition coefficient (Wildman–Crippen LogP) is 9.45. The van der Waals surface area contributed by atoms with Gasteiger partial charge in [-0.3, -0.25) is 0 Å². The van der Waals surface area contributed by atoms with Crippen LogP contribution in [0.25, 0.3) is 32.3 Å². The SMILES string of the molecule is CC1(C)c2ccccc2Oc2c1cc1ccc3c4c(cc5ccc2c1c53)Oc1ccccc1C4(C)C. The second-order valence-corrected chi connectivity index (χ2v) is 11.4. The van der Waals surface area contributed by atoms with Crippen LogP contribution < -0.4 is 9.47 Å². The van der Waals surface area contributed by atoms with E-state index in [4.69, 9.17) is 9.47 Å². The molecule has 0 amide bonds. The Kier molecular flexibility index (Phi) is 3.58. The van der Waals surface area contributed by atoms with E-state index in [-0.39, 0.29) is 10.8 Å². The molecular weight excluding hydrogens is 440 g/mol. The largest absolute Gasteiger partial charge is 0.457 e. The Morgan fingerprint density at radius 3 is 1.83 bits per heavy atom. The van der Waals surface area contributed by atoms with Gasteiger partial charge in [0.05, 0.1) is 0 Å². The van der Waals surface area contributed by atoms with E-state index in [0.29, 0.717) is 0 Å². The molecule has 2 heterocycles. The molecular formula is C34H26O2. The first-order valence-electron chi connectivity index (χ1n) is 12.7. The standard InChI is InChI=1S/C34H26O2/c1-33(2)23-9-5-8-12-27(23)36-32-22-16-14-20-18-28-31(34(3,4)24-10-6-7-11-26(24)35-28)21-15-13-19(17-25(32)33)30(22)29(20)21/h5-18H,1-4H3. The summed E-state index contributed by atoms with van der Waals surface area (Å²) >= 11 is 0. The van der Waals surface area contributed by atoms with Crippen LogP contribution in [0.4, 0.5) is 0 Å². The molecule has 0 fully saturated rings. The van der Waals surface area contributed by atoms with Crippen LogP contribution in [-0.4, -0.2) is 0 Å². The first-order valence-corrected chi connectivity index (χ1v) is 12.7. The molecule has 0 aliphatic carbocycles. The van der Waals surface area contributed by atoms with Gasteiger partial charge in [-0.05, 0) is 51.9 Å². The number of hydrogen-bond acceptors (Lipinski definition) is 2. The normalized spacial score (nSPS) is 16.7. The molecule has 0 N–H and O–H groups in total. The summed E-state index contributed by atoms with van der Waals surface area (Å²) in [5, 5.41) is 7.47. The van der Waals surface area contributed by atoms with Crippen LogP contribution in [0.3, 0.4) is 0 Å². The fourth-order valence-electron chi connectivity index (χ4n) is 6.85. The van der Waals surface area contributed by atoms with E-state index in [1.165, 1.54) is 54.6 Å². The molecule has 8 rings (SSSR count). The van der Waals surface area contributed by atoms with E-state index in [1.54, 1.807) is 0 Å². The summed E-state index contributed by atoms with van der Waals surface area (Å²) in [6.07, 6.45) is 0. The van der Waals surface area contributed by atoms with Crippen LogP contribution in [0, 0.1) is 0 Å². The summed E-state index contributed by atoms with van der Waals surface area (Å²) in [5.41, 5.74) is 4.64. The molecule has 36 heavy (non-hydrogen) atoms. The fraction of sp³-hybridized carbons (Fsp3) is 0.176. The Labute approximate surface area is 210 Å². The molecule has 0 spiro atoms. The van der Waals surface area contributed by atoms with Gasteiger partial charge in [0.2, 0.25) is 0 Å². The summed E-state index contributed by atoms with van der Waals surface area (Å²) in [6, 6.07) is 30.5. The fourth-order valence-corrected chi connectivity index (χ4v) is 6.85. The molecule has 2 heteroatoms. The lowest BCUT2D eigenvalue weighted by Gasteiger charge is -2.37. The average molecular weight is 467 g/mol. The maximum atomic E-state index is 6.65. The molecule has 0 saturated carbocycles. The van der Waals surface area contributed by atoms with Gasteiger partial charge in [-0.2, -0.15) is 0 Å². The molecule has 0 aromatic heterocycles. The minimum atomic E-state index is -0.177. The third kappa shape index (κ3) is 2.32. The summed E-state index contributed by atoms with van der Waals surface area (Å²) < 4.78 is 13.1. The lowest BCUT2D eigenvalue weighted by atomic mass is 9.72. The second-order valence-electron chi connectivity index (χ2n) is 11.4. The highest BCUT2D eigenvalue weighted by atomic mass is 16.5. The van der Waals surface area contributed by atoms with Gasteiger partial charge in [0.25, 0.3) is 0 Å². The Balaban J connectivity index is 1.49. The van der Waals surface area contributed by atoms with Crippen LogP contribution in [-0.2, 0) is 10.8 Å². The van der Waals surface area contributed by atoms with Crippen molar-refractivity contribution in [1.82, 2.24) is 0 Å². The molecule has 2 aliphatic rings. The second kappa shape index (κ2) is 6.39. The zero-order valence-electron chi connectivity index (χ0n) is 20.9. The molecule has 174 valence electrons. The van der Waals surface area contributed by atoms with Crippen molar-refractivity contribution >= 4 is 32.3 Å². The van der Waals surface area contributed by atoms with Crippen molar-refractivity contribution in [2.45, 2.75) is 38.5 Å². The van der Waals surface area contributed by atoms with E-state index in [9.17, 15) is 0 Å². The Morgan fingerprint density at radius 1 is 0.500 bits per heavy atom. The van der Waals surface area contributed by atoms with Crippen LogP contribution in [0.15, 0.2) is 84.9 Å². The number of benzene rings is 6. The Hall–Kier alpha value is -4.04. The summed E-state index contributed by atoms with van der Waals surface area (Å²) in [4.78, 5) is 0. The van der Waals surface area contributed by atoms with Gasteiger partial charge in [0.15, 0.2) is 0 Å². The third-order valence-corrected chi connectivity index (χ3v) is 8.67. The molecule has 0 saturated heterocycles. The van der Waals surface area contributed by atoms with E-state index < -0.39 is 0 Å². The lowest BCUT2D eigenvalue weighted by Crippen LogP contribution is -2.25. The third-order valence-electron chi connectivity index (χ3n) is 8.67. The smallest absolute Gasteiger partial charge is 0.139 e. The zero-order chi connectivity index (χ0) is 24.4. The van der Waals surface area contributed by atoms with Crippen molar-refractivity contribution in [2.75, 3.05) is 0 Å². The molecule has 0 bridgehead atoms. The predicted molar refractivity (Wildman–Crippen MR) is 147 cm³/mol. The summed E-state index contributed by atoms with van der Waals surface area (Å²) in [6.45, 7) is 9.24. The van der Waals surface area contributed by atoms with Crippen LogP contribution in [0.1, 0.15) is 49.9 Å². The summed E-state index contributed by atoms with van der Waals surface area (Å²) in [5.74, 6) is 3.84. The number of para-hydroxylation sites is 2. The molecule has 0 unspecified atom stereocenters. The molecule has 0 atom stereocenters. The van der Waals surface area contributed by atoms with Crippen molar-refractivity contribution in [3.05, 3.63) is 107 Å². The van der Waals surface area contributed by atoms with Gasteiger partial charge < -0.3 is 9.47 Å². The van der Waals surface area contributed by atoms with Gasteiger partial charge in [-0.1, -0.05) is 82.3 Å². The van der Waals surface area contributed by atoms with Crippen molar-refractivity contribution in [3.63, 3.8) is 0 Å². The number of hydrogen-bond donors (Lipinski definition) is 0. The maximum Gasteiger partial charge on any atom is 0.139 e. The number of rotatable bonds is 0. The summed E-state index contributed by atoms with van der Waals surface area (Å²) in [7, 11) is 0. The first kappa shape index (κ1) is 20.2. The van der Waals surface area contributed by atoms with E-state index in [0.717, 1.165) is 23.0 Å². The monoisotopic (exact) mass is 466 g/mol. The maximum absolute atomic E-state index is 6.65. The van der Waals surface area contributed by atoms with Crippen molar-refractivity contribution in [3.8, 4) is 23.0 Å². The highest BCUT2D eigenvalue weighted by Gasteiger charge is 2.38. The topological polar surface area (TPSA) is 18.5 Å². The molecule has 6 aromatic rings. The van der Waals surface area contributed by atoms with Gasteiger partial charge in [-0.25, -0.2) is 0 Å². The van der Waals surface area contributed by atoms with Gasteiger partial charge in [-0.15, -0.1) is 0 Å². The average Bonchev–Trinajstić information content (AvgIpc) is 2.87. The van der Waals surface area contributed by atoms with Gasteiger partial charge in [0, 0.05) is 43.9 Å².